The molecule has 1 aliphatic heterocycles. The summed E-state index contributed by atoms with van der Waals surface area (Å²) in [7, 11) is 0. The lowest BCUT2D eigenvalue weighted by Gasteiger charge is -2.15. The molecule has 1 aromatic rings. The second kappa shape index (κ2) is 5.29. The summed E-state index contributed by atoms with van der Waals surface area (Å²) in [6, 6.07) is 6.89. The lowest BCUT2D eigenvalue weighted by atomic mass is 9.93. The van der Waals surface area contributed by atoms with Crippen molar-refractivity contribution >= 4 is 6.29 Å². The zero-order valence-electron chi connectivity index (χ0n) is 9.67. The van der Waals surface area contributed by atoms with Gasteiger partial charge in [0.25, 0.3) is 0 Å². The number of carbonyl (C=O) groups is 1. The van der Waals surface area contributed by atoms with E-state index in [-0.39, 0.29) is 17.8 Å². The fraction of sp³-hybridized carbons (Fsp3) is 0.462. The summed E-state index contributed by atoms with van der Waals surface area (Å²) in [5, 5.41) is 12.4. The van der Waals surface area contributed by atoms with Gasteiger partial charge in [-0.25, -0.2) is 0 Å². The zero-order chi connectivity index (χ0) is 12.3. The molecule has 0 aromatic heterocycles. The van der Waals surface area contributed by atoms with Crippen LogP contribution in [0.4, 0.5) is 0 Å². The molecule has 0 amide bonds. The third-order valence-corrected chi connectivity index (χ3v) is 3.42. The minimum atomic E-state index is -0.239. The van der Waals surface area contributed by atoms with E-state index in [0.29, 0.717) is 5.92 Å². The van der Waals surface area contributed by atoms with Crippen molar-refractivity contribution in [1.82, 2.24) is 5.32 Å². The second-order valence-corrected chi connectivity index (χ2v) is 4.60. The number of hydrogen-bond acceptors (Lipinski definition) is 4. The number of carbonyl (C=O) groups excluding carboxylic acids is 1. The monoisotopic (exact) mass is 234 g/mol. The number of nitrogens with one attached hydrogen (secondary N) is 1. The summed E-state index contributed by atoms with van der Waals surface area (Å²) in [5.41, 5.74) is 7.10. The third kappa shape index (κ3) is 2.84. The van der Waals surface area contributed by atoms with Crippen LogP contribution in [-0.2, 0) is 4.79 Å². The molecule has 0 spiro atoms. The highest BCUT2D eigenvalue weighted by Gasteiger charge is 2.24. The molecule has 2 rings (SSSR count). The Hall–Kier alpha value is -1.39. The first-order chi connectivity index (χ1) is 8.20. The van der Waals surface area contributed by atoms with Crippen molar-refractivity contribution in [2.75, 3.05) is 6.54 Å². The second-order valence-electron chi connectivity index (χ2n) is 4.60. The number of aromatic hydroxyl groups is 1. The van der Waals surface area contributed by atoms with E-state index in [0.717, 1.165) is 25.7 Å². The molecule has 3 atom stereocenters. The largest absolute Gasteiger partial charge is 0.508 e. The zero-order valence-corrected chi connectivity index (χ0v) is 9.67. The first-order valence-corrected chi connectivity index (χ1v) is 5.94. The van der Waals surface area contributed by atoms with Gasteiger partial charge in [-0.2, -0.15) is 0 Å². The number of hydrogen-bond donors (Lipinski definition) is 3. The molecule has 1 aliphatic rings. The normalized spacial score (nSPS) is 29.6. The van der Waals surface area contributed by atoms with Crippen LogP contribution in [0.1, 0.15) is 24.3 Å². The van der Waals surface area contributed by atoms with E-state index in [4.69, 9.17) is 5.73 Å². The summed E-state index contributed by atoms with van der Waals surface area (Å²) in [6.07, 6.45) is 2.69. The molecule has 1 saturated heterocycles. The Kier molecular flexibility index (Phi) is 3.76. The maximum Gasteiger partial charge on any atom is 0.138 e. The van der Waals surface area contributed by atoms with Gasteiger partial charge in [0.2, 0.25) is 0 Å². The number of phenols is 1. The van der Waals surface area contributed by atoms with Crippen LogP contribution in [0, 0.1) is 0 Å². The molecule has 1 aromatic carbocycles. The smallest absolute Gasteiger partial charge is 0.138 e. The number of aldehydes is 1. The van der Waals surface area contributed by atoms with Crippen molar-refractivity contribution in [3.63, 3.8) is 0 Å². The Morgan fingerprint density at radius 2 is 2.00 bits per heavy atom. The Morgan fingerprint density at radius 3 is 2.65 bits per heavy atom. The Labute approximate surface area is 101 Å². The summed E-state index contributed by atoms with van der Waals surface area (Å²) < 4.78 is 0. The first-order valence-electron chi connectivity index (χ1n) is 5.94. The predicted octanol–water partition coefficient (Wildman–Crippen LogP) is 0.754. The molecule has 92 valence electrons. The van der Waals surface area contributed by atoms with E-state index in [9.17, 15) is 9.90 Å². The molecule has 0 aliphatic carbocycles. The van der Waals surface area contributed by atoms with Crippen LogP contribution in [0.5, 0.6) is 5.75 Å². The Balaban J connectivity index is 2.08. The fourth-order valence-electron chi connectivity index (χ4n) is 2.29. The average Bonchev–Trinajstić information content (AvgIpc) is 2.52. The van der Waals surface area contributed by atoms with Gasteiger partial charge in [0.05, 0.1) is 6.04 Å². The standard InChI is InChI=1S/C13H18N2O2/c14-12-6-3-10(7-15-13(12)8-16)9-1-4-11(17)5-2-9/h1-2,4-5,8,10,12-13,15,17H,3,6-7,14H2/t10?,12-,13?/m1/s1. The molecule has 0 bridgehead atoms. The van der Waals surface area contributed by atoms with Gasteiger partial charge in [-0.1, -0.05) is 12.1 Å². The van der Waals surface area contributed by atoms with Crippen molar-refractivity contribution in [1.29, 1.82) is 0 Å². The number of benzene rings is 1. The molecule has 1 fully saturated rings. The van der Waals surface area contributed by atoms with Crippen molar-refractivity contribution < 1.29 is 9.90 Å². The van der Waals surface area contributed by atoms with E-state index >= 15 is 0 Å². The number of phenolic OH excluding ortho intramolecular Hbond substituents is 1. The predicted molar refractivity (Wildman–Crippen MR) is 65.9 cm³/mol. The van der Waals surface area contributed by atoms with Crippen LogP contribution >= 0.6 is 0 Å². The van der Waals surface area contributed by atoms with E-state index in [1.807, 2.05) is 12.1 Å². The molecular formula is C13H18N2O2. The molecule has 17 heavy (non-hydrogen) atoms. The van der Waals surface area contributed by atoms with Crippen molar-refractivity contribution in [2.45, 2.75) is 30.8 Å². The summed E-state index contributed by atoms with van der Waals surface area (Å²) in [5.74, 6) is 0.629. The molecule has 4 N–H and O–H groups in total. The van der Waals surface area contributed by atoms with Crippen LogP contribution < -0.4 is 11.1 Å². The maximum absolute atomic E-state index is 10.8. The SMILES string of the molecule is N[C@@H]1CCC(c2ccc(O)cc2)CNC1C=O. The molecule has 4 nitrogen and oxygen atoms in total. The topological polar surface area (TPSA) is 75.3 Å². The molecule has 0 radical (unpaired) electrons. The van der Waals surface area contributed by atoms with Gasteiger partial charge in [0.15, 0.2) is 0 Å². The van der Waals surface area contributed by atoms with Gasteiger partial charge in [-0.3, -0.25) is 0 Å². The van der Waals surface area contributed by atoms with E-state index in [2.05, 4.69) is 5.32 Å². The quantitative estimate of drug-likeness (QED) is 0.660. The van der Waals surface area contributed by atoms with Crippen molar-refractivity contribution in [3.8, 4) is 5.75 Å². The van der Waals surface area contributed by atoms with Gasteiger partial charge < -0.3 is 21.0 Å². The van der Waals surface area contributed by atoms with E-state index < -0.39 is 0 Å². The van der Waals surface area contributed by atoms with Gasteiger partial charge in [0, 0.05) is 12.6 Å². The first kappa shape index (κ1) is 12.1. The van der Waals surface area contributed by atoms with Gasteiger partial charge >= 0.3 is 0 Å². The van der Waals surface area contributed by atoms with Crippen LogP contribution in [0.25, 0.3) is 0 Å². The van der Waals surface area contributed by atoms with Gasteiger partial charge in [0.1, 0.15) is 12.0 Å². The molecule has 2 unspecified atom stereocenters. The Bertz CT molecular complexity index is 378. The fourth-order valence-corrected chi connectivity index (χ4v) is 2.29. The molecule has 0 saturated carbocycles. The number of rotatable bonds is 2. The van der Waals surface area contributed by atoms with Gasteiger partial charge in [-0.15, -0.1) is 0 Å². The van der Waals surface area contributed by atoms with Crippen LogP contribution in [0.15, 0.2) is 24.3 Å². The highest BCUT2D eigenvalue weighted by molar-refractivity contribution is 5.59. The van der Waals surface area contributed by atoms with Crippen molar-refractivity contribution in [2.24, 2.45) is 5.73 Å². The van der Waals surface area contributed by atoms with Crippen LogP contribution in [-0.4, -0.2) is 30.0 Å². The van der Waals surface area contributed by atoms with Crippen LogP contribution in [0.3, 0.4) is 0 Å². The Morgan fingerprint density at radius 1 is 1.29 bits per heavy atom. The number of nitrogens with two attached hydrogens (primary N) is 1. The van der Waals surface area contributed by atoms with Crippen molar-refractivity contribution in [3.05, 3.63) is 29.8 Å². The van der Waals surface area contributed by atoms with Crippen LogP contribution in [0.2, 0.25) is 0 Å². The highest BCUT2D eigenvalue weighted by atomic mass is 16.3. The lowest BCUT2D eigenvalue weighted by Crippen LogP contribution is -2.45. The maximum atomic E-state index is 10.8. The lowest BCUT2D eigenvalue weighted by molar-refractivity contribution is -0.109. The summed E-state index contributed by atoms with van der Waals surface area (Å²) in [6.45, 7) is 0.752. The minimum Gasteiger partial charge on any atom is -0.508 e. The highest BCUT2D eigenvalue weighted by Crippen LogP contribution is 2.25. The summed E-state index contributed by atoms with van der Waals surface area (Å²) in [4.78, 5) is 10.8. The van der Waals surface area contributed by atoms with Gasteiger partial charge in [-0.05, 0) is 36.5 Å². The van der Waals surface area contributed by atoms with E-state index in [1.54, 1.807) is 12.1 Å². The average molecular weight is 234 g/mol. The molecule has 1 heterocycles. The summed E-state index contributed by atoms with van der Waals surface area (Å²) >= 11 is 0. The molecular weight excluding hydrogens is 216 g/mol. The molecule has 4 heteroatoms. The minimum absolute atomic E-state index is 0.102. The van der Waals surface area contributed by atoms with E-state index in [1.165, 1.54) is 5.56 Å². The third-order valence-electron chi connectivity index (χ3n) is 3.42.